The average Bonchev–Trinajstić information content (AvgIpc) is 3.48. The Hall–Kier alpha value is -3.98. The molecule has 0 bridgehead atoms. The Morgan fingerprint density at radius 3 is 2.71 bits per heavy atom. The van der Waals surface area contributed by atoms with E-state index in [-0.39, 0.29) is 28.7 Å². The lowest BCUT2D eigenvalue weighted by Crippen LogP contribution is -2.37. The van der Waals surface area contributed by atoms with Gasteiger partial charge >= 0.3 is 13.7 Å². The standard InChI is InChI=1S/C24H32N9O8P/c1-5-37-21-18-20(28-24(25)29-21)33(12-27-18)22-17(30-32-26)19(34)16(40-22)11-38-42(36,41-15-9-7-6-8-10-15)31-14(4)23(35)39-13(2)3/h6-10,12-14,16-17,19,22,34H,5,11H2,1-4H3,(H,31,36)(H2,25,28,29)/t14-,16-,17?,19-,22-,42?/m1/s1. The number of imidazole rings is 1. The summed E-state index contributed by atoms with van der Waals surface area (Å²) in [5.74, 6) is -0.428. The number of carbonyl (C=O) groups excluding carboxylic acids is 1. The lowest BCUT2D eigenvalue weighted by atomic mass is 10.1. The van der Waals surface area contributed by atoms with Crippen LogP contribution in [-0.2, 0) is 23.4 Å². The minimum atomic E-state index is -4.27. The Kier molecular flexibility index (Phi) is 9.83. The highest BCUT2D eigenvalue weighted by molar-refractivity contribution is 7.52. The van der Waals surface area contributed by atoms with E-state index in [1.165, 1.54) is 17.8 Å². The topological polar surface area (TPSA) is 231 Å². The van der Waals surface area contributed by atoms with Crippen LogP contribution in [-0.4, -0.2) is 74.2 Å². The zero-order valence-electron chi connectivity index (χ0n) is 23.3. The molecule has 4 rings (SSSR count). The summed E-state index contributed by atoms with van der Waals surface area (Å²) in [5, 5.41) is 17.3. The number of nitrogens with zero attached hydrogens (tertiary/aromatic N) is 7. The molecule has 0 amide bonds. The van der Waals surface area contributed by atoms with E-state index in [2.05, 4.69) is 30.1 Å². The highest BCUT2D eigenvalue weighted by atomic mass is 31.2. The normalized spacial score (nSPS) is 22.3. The van der Waals surface area contributed by atoms with Crippen molar-refractivity contribution < 1.29 is 37.7 Å². The number of nitrogen functional groups attached to an aromatic ring is 1. The molecule has 4 N–H and O–H groups in total. The minimum Gasteiger partial charge on any atom is -0.476 e. The van der Waals surface area contributed by atoms with Gasteiger partial charge in [0.1, 0.15) is 30.2 Å². The number of fused-ring (bicyclic) bond motifs is 1. The minimum absolute atomic E-state index is 0.0957. The zero-order valence-corrected chi connectivity index (χ0v) is 24.2. The van der Waals surface area contributed by atoms with Crippen molar-refractivity contribution in [2.75, 3.05) is 18.9 Å². The number of aliphatic hydroxyl groups is 1. The largest absolute Gasteiger partial charge is 0.476 e. The number of carbonyl (C=O) groups is 1. The number of benzene rings is 1. The highest BCUT2D eigenvalue weighted by Gasteiger charge is 2.46. The number of rotatable bonds is 13. The molecule has 42 heavy (non-hydrogen) atoms. The number of hydrogen-bond donors (Lipinski definition) is 3. The van der Waals surface area contributed by atoms with Crippen molar-refractivity contribution in [3.63, 3.8) is 0 Å². The SMILES string of the molecule is CCOc1nc(N)nc2c1ncn2[C@@H]1O[C@H](COP(=O)(N[C@H](C)C(=O)OC(C)C)Oc2ccccc2)[C@@H](O)C1N=[N+]=[N-]. The van der Waals surface area contributed by atoms with Crippen molar-refractivity contribution in [1.29, 1.82) is 0 Å². The average molecular weight is 606 g/mol. The monoisotopic (exact) mass is 605 g/mol. The molecule has 3 aromatic rings. The smallest absolute Gasteiger partial charge is 0.459 e. The van der Waals surface area contributed by atoms with Crippen LogP contribution in [0.1, 0.15) is 33.9 Å². The van der Waals surface area contributed by atoms with Crippen LogP contribution >= 0.6 is 7.75 Å². The summed E-state index contributed by atoms with van der Waals surface area (Å²) in [5.41, 5.74) is 15.5. The first-order valence-corrected chi connectivity index (χ1v) is 14.6. The Labute approximate surface area is 240 Å². The van der Waals surface area contributed by atoms with Gasteiger partial charge in [0.2, 0.25) is 11.8 Å². The fraction of sp³-hybridized carbons (Fsp3) is 0.500. The molecular weight excluding hydrogens is 573 g/mol. The molecule has 3 heterocycles. The van der Waals surface area contributed by atoms with Gasteiger partial charge < -0.3 is 29.6 Å². The van der Waals surface area contributed by atoms with E-state index in [1.807, 2.05) is 0 Å². The summed E-state index contributed by atoms with van der Waals surface area (Å²) in [4.78, 5) is 27.8. The van der Waals surface area contributed by atoms with Crippen molar-refractivity contribution in [3.05, 3.63) is 47.1 Å². The molecule has 0 saturated carbocycles. The van der Waals surface area contributed by atoms with Crippen molar-refractivity contribution in [3.8, 4) is 11.6 Å². The second-order valence-corrected chi connectivity index (χ2v) is 11.1. The highest BCUT2D eigenvalue weighted by Crippen LogP contribution is 2.46. The maximum atomic E-state index is 13.8. The quantitative estimate of drug-likeness (QED) is 0.0837. The first-order chi connectivity index (χ1) is 20.0. The van der Waals surface area contributed by atoms with Crippen LogP contribution in [0.15, 0.2) is 41.8 Å². The van der Waals surface area contributed by atoms with Gasteiger partial charge in [0, 0.05) is 4.91 Å². The van der Waals surface area contributed by atoms with Gasteiger partial charge in [-0.3, -0.25) is 13.9 Å². The Morgan fingerprint density at radius 2 is 2.05 bits per heavy atom. The molecule has 2 aromatic heterocycles. The molecule has 1 aromatic carbocycles. The maximum Gasteiger partial charge on any atom is 0.459 e. The molecule has 1 aliphatic heterocycles. The molecule has 1 saturated heterocycles. The van der Waals surface area contributed by atoms with Gasteiger partial charge in [-0.1, -0.05) is 23.3 Å². The summed E-state index contributed by atoms with van der Waals surface area (Å²) >= 11 is 0. The fourth-order valence-electron chi connectivity index (χ4n) is 4.12. The number of azide groups is 1. The third kappa shape index (κ3) is 7.07. The van der Waals surface area contributed by atoms with Crippen molar-refractivity contribution in [2.24, 2.45) is 5.11 Å². The van der Waals surface area contributed by atoms with Crippen LogP contribution in [0.3, 0.4) is 0 Å². The van der Waals surface area contributed by atoms with Gasteiger partial charge in [-0.05, 0) is 45.4 Å². The predicted molar refractivity (Wildman–Crippen MR) is 148 cm³/mol. The summed E-state index contributed by atoms with van der Waals surface area (Å²) in [6, 6.07) is 5.92. The van der Waals surface area contributed by atoms with Crippen LogP contribution in [0, 0.1) is 0 Å². The molecule has 6 atom stereocenters. The third-order valence-corrected chi connectivity index (χ3v) is 7.56. The zero-order chi connectivity index (χ0) is 30.4. The molecule has 17 nitrogen and oxygen atoms in total. The molecule has 0 spiro atoms. The first kappa shape index (κ1) is 31.0. The van der Waals surface area contributed by atoms with E-state index in [0.717, 1.165) is 0 Å². The van der Waals surface area contributed by atoms with Crippen LogP contribution in [0.25, 0.3) is 21.6 Å². The van der Waals surface area contributed by atoms with Crippen molar-refractivity contribution in [2.45, 2.75) is 64.3 Å². The van der Waals surface area contributed by atoms with Crippen LogP contribution in [0.4, 0.5) is 5.95 Å². The molecule has 0 aliphatic carbocycles. The van der Waals surface area contributed by atoms with Gasteiger partial charge in [0.05, 0.1) is 31.7 Å². The lowest BCUT2D eigenvalue weighted by Gasteiger charge is -2.25. The van der Waals surface area contributed by atoms with E-state index < -0.39 is 56.9 Å². The number of aromatic nitrogens is 4. The van der Waals surface area contributed by atoms with Crippen LogP contribution in [0.2, 0.25) is 0 Å². The molecule has 0 radical (unpaired) electrons. The summed E-state index contributed by atoms with van der Waals surface area (Å²) < 4.78 is 43.3. The van der Waals surface area contributed by atoms with E-state index in [4.69, 9.17) is 29.0 Å². The Bertz CT molecular complexity index is 1480. The second kappa shape index (κ2) is 13.3. The van der Waals surface area contributed by atoms with E-state index in [0.29, 0.717) is 6.61 Å². The van der Waals surface area contributed by atoms with Gasteiger partial charge in [-0.25, -0.2) is 9.55 Å². The number of para-hydroxylation sites is 1. The van der Waals surface area contributed by atoms with Gasteiger partial charge in [-0.15, -0.1) is 0 Å². The van der Waals surface area contributed by atoms with E-state index in [9.17, 15) is 20.0 Å². The van der Waals surface area contributed by atoms with E-state index in [1.54, 1.807) is 51.1 Å². The van der Waals surface area contributed by atoms with Gasteiger partial charge in [0.25, 0.3) is 0 Å². The molecule has 226 valence electrons. The first-order valence-electron chi connectivity index (χ1n) is 13.0. The summed E-state index contributed by atoms with van der Waals surface area (Å²) in [7, 11) is -4.27. The maximum absolute atomic E-state index is 13.8. The number of hydrogen-bond acceptors (Lipinski definition) is 13. The number of esters is 1. The fourth-order valence-corrected chi connectivity index (χ4v) is 5.62. The number of ether oxygens (including phenoxy) is 3. The van der Waals surface area contributed by atoms with Crippen molar-refractivity contribution in [1.82, 2.24) is 24.6 Å². The number of nitrogens with two attached hydrogens (primary N) is 1. The third-order valence-electron chi connectivity index (χ3n) is 5.92. The van der Waals surface area contributed by atoms with E-state index >= 15 is 0 Å². The van der Waals surface area contributed by atoms with Crippen LogP contribution in [0.5, 0.6) is 11.6 Å². The summed E-state index contributed by atoms with van der Waals surface area (Å²) in [6.07, 6.45) is -2.74. The van der Waals surface area contributed by atoms with Crippen molar-refractivity contribution >= 4 is 30.8 Å². The Balaban J connectivity index is 1.58. The van der Waals surface area contributed by atoms with Crippen LogP contribution < -0.4 is 20.1 Å². The van der Waals surface area contributed by atoms with Gasteiger partial charge in [0.15, 0.2) is 11.2 Å². The molecule has 18 heteroatoms. The van der Waals surface area contributed by atoms with Gasteiger partial charge in [-0.2, -0.15) is 15.1 Å². The number of nitrogens with one attached hydrogen (secondary N) is 1. The number of anilines is 1. The lowest BCUT2D eigenvalue weighted by molar-refractivity contribution is -0.149. The molecule has 1 fully saturated rings. The second-order valence-electron chi connectivity index (χ2n) is 9.43. The Morgan fingerprint density at radius 1 is 1.31 bits per heavy atom. The molecule has 2 unspecified atom stereocenters. The molecule has 1 aliphatic rings. The molecular formula is C24H32N9O8P. The number of aliphatic hydroxyl groups excluding tert-OH is 1. The predicted octanol–water partition coefficient (Wildman–Crippen LogP) is 2.88. The summed E-state index contributed by atoms with van der Waals surface area (Å²) in [6.45, 7) is 6.37.